The van der Waals surface area contributed by atoms with Crippen LogP contribution in [0.2, 0.25) is 0 Å². The van der Waals surface area contributed by atoms with Crippen LogP contribution >= 0.6 is 0 Å². The fraction of sp³-hybridized carbons (Fsp3) is 0.588. The fourth-order valence-corrected chi connectivity index (χ4v) is 3.03. The average Bonchev–Trinajstić information content (AvgIpc) is 2.84. The number of carbonyl (C=O) groups excluding carboxylic acids is 1. The third-order valence-electron chi connectivity index (χ3n) is 4.25. The Kier molecular flexibility index (Phi) is 5.91. The van der Waals surface area contributed by atoms with Crippen molar-refractivity contribution in [2.24, 2.45) is 11.7 Å². The Morgan fingerprint density at radius 2 is 2.18 bits per heavy atom. The summed E-state index contributed by atoms with van der Waals surface area (Å²) in [5, 5.41) is 2.92. The molecular formula is C17H26FN3O. The number of nitrogens with zero attached hydrogens (tertiary/aromatic N) is 1. The van der Waals surface area contributed by atoms with Crippen molar-refractivity contribution in [3.8, 4) is 0 Å². The molecule has 0 spiro atoms. The van der Waals surface area contributed by atoms with Gasteiger partial charge >= 0.3 is 0 Å². The minimum Gasteiger partial charge on any atom is -0.352 e. The first-order valence-corrected chi connectivity index (χ1v) is 7.90. The van der Waals surface area contributed by atoms with E-state index in [1.165, 1.54) is 6.07 Å². The van der Waals surface area contributed by atoms with Gasteiger partial charge in [0.25, 0.3) is 0 Å². The molecule has 0 unspecified atom stereocenters. The van der Waals surface area contributed by atoms with Crippen molar-refractivity contribution < 1.29 is 9.18 Å². The highest BCUT2D eigenvalue weighted by Crippen LogP contribution is 2.26. The molecule has 122 valence electrons. The average molecular weight is 307 g/mol. The Bertz CT molecular complexity index is 519. The van der Waals surface area contributed by atoms with Crippen LogP contribution in [0.1, 0.15) is 36.8 Å². The van der Waals surface area contributed by atoms with Crippen LogP contribution in [0.15, 0.2) is 18.2 Å². The molecule has 1 amide bonds. The molecule has 0 aliphatic heterocycles. The number of benzene rings is 1. The van der Waals surface area contributed by atoms with Gasteiger partial charge in [0, 0.05) is 31.1 Å². The van der Waals surface area contributed by atoms with Gasteiger partial charge in [0.1, 0.15) is 5.82 Å². The normalized spacial score (nSPS) is 21.3. The lowest BCUT2D eigenvalue weighted by Crippen LogP contribution is -2.31. The largest absolute Gasteiger partial charge is 0.352 e. The molecule has 1 fully saturated rings. The summed E-state index contributed by atoms with van der Waals surface area (Å²) in [5.41, 5.74) is 7.56. The van der Waals surface area contributed by atoms with E-state index in [9.17, 15) is 9.18 Å². The highest BCUT2D eigenvalue weighted by molar-refractivity contribution is 5.76. The highest BCUT2D eigenvalue weighted by Gasteiger charge is 2.25. The van der Waals surface area contributed by atoms with Gasteiger partial charge in [-0.15, -0.1) is 0 Å². The predicted molar refractivity (Wildman–Crippen MR) is 85.6 cm³/mol. The maximum atomic E-state index is 13.7. The van der Waals surface area contributed by atoms with E-state index in [1.54, 1.807) is 6.07 Å². The van der Waals surface area contributed by atoms with E-state index in [4.69, 9.17) is 5.73 Å². The summed E-state index contributed by atoms with van der Waals surface area (Å²) >= 11 is 0. The van der Waals surface area contributed by atoms with Crippen LogP contribution < -0.4 is 11.1 Å². The smallest absolute Gasteiger partial charge is 0.220 e. The molecule has 2 rings (SSSR count). The molecule has 1 saturated carbocycles. The zero-order chi connectivity index (χ0) is 16.1. The Balaban J connectivity index is 1.86. The lowest BCUT2D eigenvalue weighted by molar-refractivity contribution is -0.122. The van der Waals surface area contributed by atoms with Crippen molar-refractivity contribution in [3.05, 3.63) is 35.1 Å². The van der Waals surface area contributed by atoms with E-state index in [0.717, 1.165) is 24.8 Å². The minimum atomic E-state index is -0.208. The highest BCUT2D eigenvalue weighted by atomic mass is 19.1. The van der Waals surface area contributed by atoms with E-state index in [-0.39, 0.29) is 17.8 Å². The van der Waals surface area contributed by atoms with Gasteiger partial charge in [-0.3, -0.25) is 4.79 Å². The van der Waals surface area contributed by atoms with Gasteiger partial charge in [0.15, 0.2) is 0 Å². The van der Waals surface area contributed by atoms with Gasteiger partial charge in [0.2, 0.25) is 5.91 Å². The second-order valence-corrected chi connectivity index (χ2v) is 6.50. The van der Waals surface area contributed by atoms with E-state index < -0.39 is 0 Å². The first-order chi connectivity index (χ1) is 10.5. The van der Waals surface area contributed by atoms with Crippen molar-refractivity contribution >= 4 is 5.91 Å². The summed E-state index contributed by atoms with van der Waals surface area (Å²) in [5.74, 6) is 0.124. The summed E-state index contributed by atoms with van der Waals surface area (Å²) in [6, 6.07) is 5.16. The molecule has 1 aromatic carbocycles. The van der Waals surface area contributed by atoms with Crippen molar-refractivity contribution in [2.75, 3.05) is 14.1 Å². The van der Waals surface area contributed by atoms with Gasteiger partial charge < -0.3 is 16.0 Å². The monoisotopic (exact) mass is 307 g/mol. The van der Waals surface area contributed by atoms with Gasteiger partial charge in [-0.2, -0.15) is 0 Å². The van der Waals surface area contributed by atoms with E-state index >= 15 is 0 Å². The Morgan fingerprint density at radius 1 is 1.41 bits per heavy atom. The third-order valence-corrected chi connectivity index (χ3v) is 4.25. The van der Waals surface area contributed by atoms with Crippen molar-refractivity contribution in [2.45, 2.75) is 44.8 Å². The van der Waals surface area contributed by atoms with Crippen LogP contribution in [0, 0.1) is 11.7 Å². The fourth-order valence-electron chi connectivity index (χ4n) is 3.03. The lowest BCUT2D eigenvalue weighted by atomic mass is 10.00. The molecule has 0 aromatic heterocycles. The zero-order valence-electron chi connectivity index (χ0n) is 13.4. The summed E-state index contributed by atoms with van der Waals surface area (Å²) < 4.78 is 13.7. The third kappa shape index (κ3) is 4.78. The number of amides is 1. The quantitative estimate of drug-likeness (QED) is 0.845. The second-order valence-electron chi connectivity index (χ2n) is 6.50. The summed E-state index contributed by atoms with van der Waals surface area (Å²) in [6.45, 7) is 0.978. The van der Waals surface area contributed by atoms with Gasteiger partial charge in [-0.25, -0.2) is 4.39 Å². The molecule has 3 N–H and O–H groups in total. The van der Waals surface area contributed by atoms with Crippen molar-refractivity contribution in [1.29, 1.82) is 0 Å². The van der Waals surface area contributed by atoms with Crippen LogP contribution in [0.5, 0.6) is 0 Å². The molecule has 1 aliphatic carbocycles. The Hall–Kier alpha value is -1.46. The Morgan fingerprint density at radius 3 is 2.82 bits per heavy atom. The topological polar surface area (TPSA) is 58.4 Å². The van der Waals surface area contributed by atoms with Gasteiger partial charge in [-0.1, -0.05) is 12.5 Å². The van der Waals surface area contributed by atoms with Crippen LogP contribution in [0.25, 0.3) is 0 Å². The lowest BCUT2D eigenvalue weighted by Gasteiger charge is -2.15. The Labute approximate surface area is 131 Å². The zero-order valence-corrected chi connectivity index (χ0v) is 13.4. The number of hydrogen-bond donors (Lipinski definition) is 2. The molecule has 0 bridgehead atoms. The molecule has 0 radical (unpaired) electrons. The van der Waals surface area contributed by atoms with Crippen LogP contribution in [0.4, 0.5) is 4.39 Å². The summed E-state index contributed by atoms with van der Waals surface area (Å²) in [7, 11) is 3.80. The standard InChI is InChI=1S/C17H26FN3O/c1-21(2)11-14-8-12(6-7-15(14)18)10-20-17(22)9-13-4-3-5-16(13)19/h6-8,13,16H,3-5,9-11,19H2,1-2H3,(H,20,22)/t13-,16+/m0/s1. The summed E-state index contributed by atoms with van der Waals surface area (Å²) in [4.78, 5) is 13.9. The van der Waals surface area contributed by atoms with E-state index in [0.29, 0.717) is 31.0 Å². The maximum Gasteiger partial charge on any atom is 0.220 e. The predicted octanol–water partition coefficient (Wildman–Crippen LogP) is 2.02. The number of nitrogens with two attached hydrogens (primary N) is 1. The van der Waals surface area contributed by atoms with Crippen molar-refractivity contribution in [3.63, 3.8) is 0 Å². The van der Waals surface area contributed by atoms with Crippen LogP contribution in [0.3, 0.4) is 0 Å². The molecule has 4 nitrogen and oxygen atoms in total. The number of nitrogens with one attached hydrogen (secondary N) is 1. The summed E-state index contributed by atoms with van der Waals surface area (Å²) in [6.07, 6.45) is 3.67. The molecule has 5 heteroatoms. The number of carbonyl (C=O) groups is 1. The molecule has 0 heterocycles. The van der Waals surface area contributed by atoms with Crippen LogP contribution in [-0.4, -0.2) is 30.9 Å². The number of halogens is 1. The second kappa shape index (κ2) is 7.70. The number of rotatable bonds is 6. The van der Waals surface area contributed by atoms with E-state index in [2.05, 4.69) is 5.32 Å². The first-order valence-electron chi connectivity index (χ1n) is 7.90. The number of hydrogen-bond acceptors (Lipinski definition) is 3. The molecule has 1 aromatic rings. The van der Waals surface area contributed by atoms with Gasteiger partial charge in [-0.05, 0) is 50.6 Å². The molecule has 22 heavy (non-hydrogen) atoms. The molecule has 2 atom stereocenters. The van der Waals surface area contributed by atoms with Crippen molar-refractivity contribution in [1.82, 2.24) is 10.2 Å². The van der Waals surface area contributed by atoms with Gasteiger partial charge in [0.05, 0.1) is 0 Å². The molecular weight excluding hydrogens is 281 g/mol. The van der Waals surface area contributed by atoms with E-state index in [1.807, 2.05) is 25.1 Å². The molecule has 0 saturated heterocycles. The minimum absolute atomic E-state index is 0.0286. The van der Waals surface area contributed by atoms with Crippen LogP contribution in [-0.2, 0) is 17.9 Å². The maximum absolute atomic E-state index is 13.7. The molecule has 1 aliphatic rings. The first kappa shape index (κ1) is 16.9. The SMILES string of the molecule is CN(C)Cc1cc(CNC(=O)C[C@@H]2CCC[C@H]2N)ccc1F.